The molecule has 1 N–H and O–H groups in total. The van der Waals surface area contributed by atoms with Crippen molar-refractivity contribution < 1.29 is 4.39 Å². The average molecular weight is 239 g/mol. The first-order valence-electron chi connectivity index (χ1n) is 3.59. The Kier molecular flexibility index (Phi) is 1.82. The molecule has 2 nitrogen and oxygen atoms in total. The molecule has 0 spiro atoms. The van der Waals surface area contributed by atoms with E-state index in [4.69, 9.17) is 5.26 Å². The summed E-state index contributed by atoms with van der Waals surface area (Å²) in [6.07, 6.45) is 1.64. The molecular weight excluding hydrogens is 235 g/mol. The Morgan fingerprint density at radius 1 is 1.54 bits per heavy atom. The number of nitrogens with zero attached hydrogens (tertiary/aromatic N) is 1. The summed E-state index contributed by atoms with van der Waals surface area (Å²) in [5, 5.41) is 9.39. The van der Waals surface area contributed by atoms with E-state index < -0.39 is 5.82 Å². The van der Waals surface area contributed by atoms with Gasteiger partial charge in [0, 0.05) is 11.6 Å². The highest BCUT2D eigenvalue weighted by atomic mass is 79.9. The summed E-state index contributed by atoms with van der Waals surface area (Å²) in [5.41, 5.74) is 0.732. The zero-order chi connectivity index (χ0) is 9.42. The number of nitrogens with one attached hydrogen (secondary N) is 1. The zero-order valence-corrected chi connectivity index (χ0v) is 8.02. The lowest BCUT2D eigenvalue weighted by atomic mass is 10.2. The summed E-state index contributed by atoms with van der Waals surface area (Å²) in [6.45, 7) is 0. The van der Waals surface area contributed by atoms with Crippen molar-refractivity contribution in [1.29, 1.82) is 5.26 Å². The molecule has 1 aromatic heterocycles. The van der Waals surface area contributed by atoms with Crippen LogP contribution in [0.5, 0.6) is 0 Å². The van der Waals surface area contributed by atoms with Gasteiger partial charge in [0.1, 0.15) is 6.07 Å². The molecule has 0 fully saturated rings. The molecule has 0 atom stereocenters. The largest absolute Gasteiger partial charge is 0.359 e. The quantitative estimate of drug-likeness (QED) is 0.754. The van der Waals surface area contributed by atoms with E-state index in [0.717, 1.165) is 0 Å². The van der Waals surface area contributed by atoms with Gasteiger partial charge in [-0.05, 0) is 28.1 Å². The fraction of sp³-hybridized carbons (Fsp3) is 0. The molecule has 2 rings (SSSR count). The van der Waals surface area contributed by atoms with Crippen molar-refractivity contribution in [2.75, 3.05) is 0 Å². The van der Waals surface area contributed by atoms with Crippen molar-refractivity contribution in [2.45, 2.75) is 0 Å². The molecule has 0 saturated heterocycles. The second-order valence-corrected chi connectivity index (χ2v) is 3.40. The summed E-state index contributed by atoms with van der Waals surface area (Å²) >= 11 is 3.03. The van der Waals surface area contributed by atoms with E-state index in [0.29, 0.717) is 16.5 Å². The first kappa shape index (κ1) is 8.27. The molecular formula is C9H4BrFN2. The normalized spacial score (nSPS) is 10.2. The van der Waals surface area contributed by atoms with Crippen LogP contribution in [0, 0.1) is 17.1 Å². The Bertz CT molecular complexity index is 510. The number of fused-ring (bicyclic) bond motifs is 1. The molecule has 0 radical (unpaired) electrons. The molecule has 1 heterocycles. The zero-order valence-electron chi connectivity index (χ0n) is 6.44. The van der Waals surface area contributed by atoms with Crippen molar-refractivity contribution in [3.63, 3.8) is 0 Å². The lowest BCUT2D eigenvalue weighted by Crippen LogP contribution is -1.85. The summed E-state index contributed by atoms with van der Waals surface area (Å²) in [6, 6.07) is 5.28. The molecule has 64 valence electrons. The van der Waals surface area contributed by atoms with Crippen molar-refractivity contribution in [1.82, 2.24) is 4.98 Å². The van der Waals surface area contributed by atoms with Crippen LogP contribution in [0.15, 0.2) is 22.8 Å². The highest BCUT2D eigenvalue weighted by molar-refractivity contribution is 9.10. The van der Waals surface area contributed by atoms with Crippen molar-refractivity contribution in [3.8, 4) is 6.07 Å². The average Bonchev–Trinajstić information content (AvgIpc) is 2.59. The third kappa shape index (κ3) is 1.12. The molecule has 0 aliphatic rings. The number of hydrogen-bond donors (Lipinski definition) is 1. The number of benzene rings is 1. The third-order valence-electron chi connectivity index (χ3n) is 1.85. The second kappa shape index (κ2) is 2.86. The minimum absolute atomic E-state index is 0.213. The maximum absolute atomic E-state index is 13.4. The maximum Gasteiger partial charge on any atom is 0.162 e. The minimum atomic E-state index is -0.418. The van der Waals surface area contributed by atoms with Gasteiger partial charge in [0.25, 0.3) is 0 Å². The first-order chi connectivity index (χ1) is 6.24. The minimum Gasteiger partial charge on any atom is -0.359 e. The molecule has 1 aromatic carbocycles. The molecule has 0 aliphatic heterocycles. The van der Waals surface area contributed by atoms with Gasteiger partial charge in [0.05, 0.1) is 15.6 Å². The van der Waals surface area contributed by atoms with Gasteiger partial charge in [-0.1, -0.05) is 0 Å². The van der Waals surface area contributed by atoms with Crippen LogP contribution >= 0.6 is 15.9 Å². The van der Waals surface area contributed by atoms with Gasteiger partial charge in [-0.2, -0.15) is 5.26 Å². The standard InChI is InChI=1S/C9H4BrFN2/c10-7-6(4-12)3-5-1-2-13-9(5)8(7)11/h1-3,13H. The molecule has 0 bridgehead atoms. The van der Waals surface area contributed by atoms with Gasteiger partial charge < -0.3 is 4.98 Å². The molecule has 13 heavy (non-hydrogen) atoms. The van der Waals surface area contributed by atoms with Crippen LogP contribution in [-0.2, 0) is 0 Å². The van der Waals surface area contributed by atoms with Crippen LogP contribution < -0.4 is 0 Å². The van der Waals surface area contributed by atoms with Crippen LogP contribution in [0.1, 0.15) is 5.56 Å². The topological polar surface area (TPSA) is 39.6 Å². The van der Waals surface area contributed by atoms with Crippen LogP contribution in [-0.4, -0.2) is 4.98 Å². The first-order valence-corrected chi connectivity index (χ1v) is 4.38. The Morgan fingerprint density at radius 3 is 3.00 bits per heavy atom. The van der Waals surface area contributed by atoms with Gasteiger partial charge in [-0.15, -0.1) is 0 Å². The number of nitriles is 1. The van der Waals surface area contributed by atoms with E-state index in [1.54, 1.807) is 18.3 Å². The highest BCUT2D eigenvalue weighted by Gasteiger charge is 2.11. The van der Waals surface area contributed by atoms with E-state index in [2.05, 4.69) is 20.9 Å². The van der Waals surface area contributed by atoms with E-state index in [-0.39, 0.29) is 4.47 Å². The van der Waals surface area contributed by atoms with Gasteiger partial charge in [0.15, 0.2) is 5.82 Å². The van der Waals surface area contributed by atoms with E-state index >= 15 is 0 Å². The fourth-order valence-corrected chi connectivity index (χ4v) is 1.62. The number of rotatable bonds is 0. The molecule has 4 heteroatoms. The molecule has 0 aliphatic carbocycles. The monoisotopic (exact) mass is 238 g/mol. The highest BCUT2D eigenvalue weighted by Crippen LogP contribution is 2.27. The Morgan fingerprint density at radius 2 is 2.31 bits per heavy atom. The molecule has 0 unspecified atom stereocenters. The van der Waals surface area contributed by atoms with Crippen LogP contribution in [0.4, 0.5) is 4.39 Å². The van der Waals surface area contributed by atoms with Crippen LogP contribution in [0.3, 0.4) is 0 Å². The lowest BCUT2D eigenvalue weighted by Gasteiger charge is -1.98. The van der Waals surface area contributed by atoms with E-state index in [9.17, 15) is 4.39 Å². The van der Waals surface area contributed by atoms with Crippen LogP contribution in [0.2, 0.25) is 0 Å². The third-order valence-corrected chi connectivity index (χ3v) is 2.62. The number of H-pyrrole nitrogens is 1. The number of aromatic nitrogens is 1. The summed E-state index contributed by atoms with van der Waals surface area (Å²) < 4.78 is 13.7. The fourth-order valence-electron chi connectivity index (χ4n) is 1.22. The SMILES string of the molecule is N#Cc1cc2cc[nH]c2c(F)c1Br. The number of hydrogen-bond acceptors (Lipinski definition) is 1. The molecule has 0 saturated carbocycles. The predicted molar refractivity (Wildman–Crippen MR) is 50.7 cm³/mol. The smallest absolute Gasteiger partial charge is 0.162 e. The van der Waals surface area contributed by atoms with Crippen LogP contribution in [0.25, 0.3) is 10.9 Å². The Labute approximate surface area is 82.1 Å². The second-order valence-electron chi connectivity index (χ2n) is 2.61. The maximum atomic E-state index is 13.4. The number of aromatic amines is 1. The van der Waals surface area contributed by atoms with Crippen molar-refractivity contribution in [3.05, 3.63) is 34.2 Å². The lowest BCUT2D eigenvalue weighted by molar-refractivity contribution is 0.630. The number of halogens is 2. The van der Waals surface area contributed by atoms with E-state index in [1.807, 2.05) is 6.07 Å². The summed E-state index contributed by atoms with van der Waals surface area (Å²) in [4.78, 5) is 2.77. The van der Waals surface area contributed by atoms with Gasteiger partial charge in [-0.25, -0.2) is 4.39 Å². The Hall–Kier alpha value is -1.34. The molecule has 2 aromatic rings. The van der Waals surface area contributed by atoms with E-state index in [1.165, 1.54) is 0 Å². The molecule has 0 amide bonds. The van der Waals surface area contributed by atoms with Crippen molar-refractivity contribution >= 4 is 26.8 Å². The van der Waals surface area contributed by atoms with Gasteiger partial charge >= 0.3 is 0 Å². The summed E-state index contributed by atoms with van der Waals surface area (Å²) in [7, 11) is 0. The van der Waals surface area contributed by atoms with Gasteiger partial charge in [-0.3, -0.25) is 0 Å². The summed E-state index contributed by atoms with van der Waals surface area (Å²) in [5.74, 6) is -0.418. The Balaban J connectivity index is 2.94. The predicted octanol–water partition coefficient (Wildman–Crippen LogP) is 2.94. The van der Waals surface area contributed by atoms with Gasteiger partial charge in [0.2, 0.25) is 0 Å². The van der Waals surface area contributed by atoms with Crippen molar-refractivity contribution in [2.24, 2.45) is 0 Å².